The van der Waals surface area contributed by atoms with Crippen LogP contribution >= 0.6 is 0 Å². The monoisotopic (exact) mass is 203 g/mol. The maximum Gasteiger partial charge on any atom is 0.0604 e. The van der Waals surface area contributed by atoms with Crippen LogP contribution in [-0.4, -0.2) is 10.9 Å². The van der Waals surface area contributed by atoms with Crippen LogP contribution in [0, 0.1) is 5.92 Å². The molecule has 1 aromatic carbocycles. The zero-order chi connectivity index (χ0) is 10.5. The highest BCUT2D eigenvalue weighted by molar-refractivity contribution is 5.87. The second-order valence-electron chi connectivity index (χ2n) is 4.22. The summed E-state index contributed by atoms with van der Waals surface area (Å²) in [4.78, 5) is 0. The molecule has 0 saturated heterocycles. The Morgan fingerprint density at radius 2 is 2.00 bits per heavy atom. The molecule has 0 aromatic heterocycles. The van der Waals surface area contributed by atoms with Crippen LogP contribution in [0.3, 0.4) is 0 Å². The Labute approximate surface area is 90.6 Å². The van der Waals surface area contributed by atoms with Crippen LogP contribution in [0.15, 0.2) is 35.5 Å². The number of oxime groups is 1. The van der Waals surface area contributed by atoms with E-state index in [9.17, 15) is 0 Å². The van der Waals surface area contributed by atoms with Gasteiger partial charge in [-0.1, -0.05) is 41.9 Å². The fraction of sp³-hybridized carbons (Fsp3) is 0.462. The maximum absolute atomic E-state index is 8.93. The van der Waals surface area contributed by atoms with Gasteiger partial charge in [-0.15, -0.1) is 0 Å². The molecule has 2 heteroatoms. The van der Waals surface area contributed by atoms with Crippen LogP contribution in [0.4, 0.5) is 0 Å². The van der Waals surface area contributed by atoms with E-state index in [-0.39, 0.29) is 0 Å². The lowest BCUT2D eigenvalue weighted by Gasteiger charge is -2.22. The van der Waals surface area contributed by atoms with E-state index in [4.69, 9.17) is 5.21 Å². The number of nitrogens with zero attached hydrogens (tertiary/aromatic N) is 1. The fourth-order valence-corrected chi connectivity index (χ4v) is 2.32. The van der Waals surface area contributed by atoms with Crippen LogP contribution in [-0.2, 0) is 6.42 Å². The summed E-state index contributed by atoms with van der Waals surface area (Å²) in [5, 5.41) is 12.4. The first kappa shape index (κ1) is 10.2. The van der Waals surface area contributed by atoms with E-state index in [0.717, 1.165) is 25.0 Å². The molecule has 0 radical (unpaired) electrons. The van der Waals surface area contributed by atoms with Gasteiger partial charge in [0, 0.05) is 5.92 Å². The van der Waals surface area contributed by atoms with Gasteiger partial charge in [-0.3, -0.25) is 0 Å². The third-order valence-electron chi connectivity index (χ3n) is 3.16. The highest BCUT2D eigenvalue weighted by atomic mass is 16.4. The SMILES string of the molecule is O/N=C1\CCCCC1Cc1ccccc1. The van der Waals surface area contributed by atoms with E-state index < -0.39 is 0 Å². The van der Waals surface area contributed by atoms with Gasteiger partial charge >= 0.3 is 0 Å². The predicted octanol–water partition coefficient (Wildman–Crippen LogP) is 3.25. The standard InChI is InChI=1S/C13H17NO/c15-14-13-9-5-4-8-12(13)10-11-6-2-1-3-7-11/h1-3,6-7,12,15H,4-5,8-10H2/b14-13+. The lowest BCUT2D eigenvalue weighted by Crippen LogP contribution is -2.21. The van der Waals surface area contributed by atoms with Crippen LogP contribution in [0.2, 0.25) is 0 Å². The lowest BCUT2D eigenvalue weighted by molar-refractivity contribution is 0.308. The van der Waals surface area contributed by atoms with Crippen molar-refractivity contribution in [2.24, 2.45) is 11.1 Å². The smallest absolute Gasteiger partial charge is 0.0604 e. The third-order valence-corrected chi connectivity index (χ3v) is 3.16. The first-order chi connectivity index (χ1) is 7.40. The highest BCUT2D eigenvalue weighted by Crippen LogP contribution is 2.24. The Morgan fingerprint density at radius 3 is 2.73 bits per heavy atom. The van der Waals surface area contributed by atoms with E-state index in [2.05, 4.69) is 29.4 Å². The molecule has 2 nitrogen and oxygen atoms in total. The molecule has 1 fully saturated rings. The molecule has 0 spiro atoms. The van der Waals surface area contributed by atoms with Gasteiger partial charge in [-0.05, 0) is 31.2 Å². The molecular formula is C13H17NO. The summed E-state index contributed by atoms with van der Waals surface area (Å²) >= 11 is 0. The topological polar surface area (TPSA) is 32.6 Å². The van der Waals surface area contributed by atoms with Gasteiger partial charge in [0.2, 0.25) is 0 Å². The minimum absolute atomic E-state index is 0.450. The minimum Gasteiger partial charge on any atom is -0.411 e. The first-order valence-corrected chi connectivity index (χ1v) is 5.65. The summed E-state index contributed by atoms with van der Waals surface area (Å²) in [6.45, 7) is 0. The van der Waals surface area contributed by atoms with Gasteiger partial charge in [-0.25, -0.2) is 0 Å². The normalized spacial score (nSPS) is 24.3. The molecule has 1 aliphatic carbocycles. The Morgan fingerprint density at radius 1 is 1.20 bits per heavy atom. The van der Waals surface area contributed by atoms with E-state index >= 15 is 0 Å². The van der Waals surface area contributed by atoms with Crippen LogP contribution in [0.5, 0.6) is 0 Å². The van der Waals surface area contributed by atoms with E-state index in [1.807, 2.05) is 6.07 Å². The van der Waals surface area contributed by atoms with Crippen molar-refractivity contribution >= 4 is 5.71 Å². The summed E-state index contributed by atoms with van der Waals surface area (Å²) in [7, 11) is 0. The molecule has 15 heavy (non-hydrogen) atoms. The van der Waals surface area contributed by atoms with Gasteiger partial charge < -0.3 is 5.21 Å². The number of hydrogen-bond acceptors (Lipinski definition) is 2. The van der Waals surface area contributed by atoms with E-state index in [1.165, 1.54) is 18.4 Å². The van der Waals surface area contributed by atoms with Gasteiger partial charge in [0.05, 0.1) is 5.71 Å². The van der Waals surface area contributed by atoms with Gasteiger partial charge in [0.1, 0.15) is 0 Å². The van der Waals surface area contributed by atoms with E-state index in [0.29, 0.717) is 5.92 Å². The van der Waals surface area contributed by atoms with Gasteiger partial charge in [0.25, 0.3) is 0 Å². The quantitative estimate of drug-likeness (QED) is 0.580. The van der Waals surface area contributed by atoms with Gasteiger partial charge in [0.15, 0.2) is 0 Å². The molecule has 80 valence electrons. The highest BCUT2D eigenvalue weighted by Gasteiger charge is 2.20. The second kappa shape index (κ2) is 4.96. The molecule has 1 aliphatic rings. The Bertz CT molecular complexity index is 332. The molecule has 1 atom stereocenters. The molecule has 0 amide bonds. The van der Waals surface area contributed by atoms with Crippen molar-refractivity contribution in [1.82, 2.24) is 0 Å². The minimum atomic E-state index is 0.450. The van der Waals surface area contributed by atoms with Crippen molar-refractivity contribution in [3.8, 4) is 0 Å². The number of rotatable bonds is 2. The average molecular weight is 203 g/mol. The van der Waals surface area contributed by atoms with Crippen LogP contribution in [0.25, 0.3) is 0 Å². The summed E-state index contributed by atoms with van der Waals surface area (Å²) in [5.74, 6) is 0.450. The predicted molar refractivity (Wildman–Crippen MR) is 61.3 cm³/mol. The Hall–Kier alpha value is -1.31. The van der Waals surface area contributed by atoms with Crippen molar-refractivity contribution in [1.29, 1.82) is 0 Å². The Kier molecular flexibility index (Phi) is 3.38. The largest absolute Gasteiger partial charge is 0.411 e. The molecule has 0 bridgehead atoms. The van der Waals surface area contributed by atoms with Crippen molar-refractivity contribution in [2.75, 3.05) is 0 Å². The number of benzene rings is 1. The zero-order valence-electron chi connectivity index (χ0n) is 8.89. The van der Waals surface area contributed by atoms with Crippen LogP contribution in [0.1, 0.15) is 31.2 Å². The summed E-state index contributed by atoms with van der Waals surface area (Å²) < 4.78 is 0. The molecule has 1 N–H and O–H groups in total. The molecule has 2 rings (SSSR count). The summed E-state index contributed by atoms with van der Waals surface area (Å²) in [6.07, 6.45) is 5.57. The Balaban J connectivity index is 2.04. The van der Waals surface area contributed by atoms with Crippen molar-refractivity contribution in [3.63, 3.8) is 0 Å². The first-order valence-electron chi connectivity index (χ1n) is 5.65. The second-order valence-corrected chi connectivity index (χ2v) is 4.22. The lowest BCUT2D eigenvalue weighted by atomic mass is 9.83. The summed E-state index contributed by atoms with van der Waals surface area (Å²) in [6, 6.07) is 10.4. The fourth-order valence-electron chi connectivity index (χ4n) is 2.32. The zero-order valence-corrected chi connectivity index (χ0v) is 8.89. The molecule has 1 saturated carbocycles. The summed E-state index contributed by atoms with van der Waals surface area (Å²) in [5.41, 5.74) is 2.33. The van der Waals surface area contributed by atoms with Crippen molar-refractivity contribution in [3.05, 3.63) is 35.9 Å². The maximum atomic E-state index is 8.93. The number of hydrogen-bond donors (Lipinski definition) is 1. The van der Waals surface area contributed by atoms with E-state index in [1.54, 1.807) is 0 Å². The molecular weight excluding hydrogens is 186 g/mol. The van der Waals surface area contributed by atoms with Crippen molar-refractivity contribution in [2.45, 2.75) is 32.1 Å². The molecule has 0 aliphatic heterocycles. The molecule has 1 aromatic rings. The average Bonchev–Trinajstić information content (AvgIpc) is 2.31. The molecule has 1 unspecified atom stereocenters. The molecule has 0 heterocycles. The van der Waals surface area contributed by atoms with Gasteiger partial charge in [-0.2, -0.15) is 0 Å². The van der Waals surface area contributed by atoms with Crippen molar-refractivity contribution < 1.29 is 5.21 Å². The van der Waals surface area contributed by atoms with Crippen LogP contribution < -0.4 is 0 Å². The third kappa shape index (κ3) is 2.58.